The number of hydrogen-bond donors (Lipinski definition) is 4. The van der Waals surface area contributed by atoms with E-state index in [-0.39, 0.29) is 31.9 Å². The van der Waals surface area contributed by atoms with Gasteiger partial charge in [-0.2, -0.15) is 0 Å². The average molecular weight is 623 g/mol. The van der Waals surface area contributed by atoms with Crippen LogP contribution in [0.5, 0.6) is 5.75 Å². The van der Waals surface area contributed by atoms with Gasteiger partial charge in [0, 0.05) is 28.8 Å². The number of ether oxygens (including phenoxy) is 1. The van der Waals surface area contributed by atoms with E-state index >= 15 is 0 Å². The highest BCUT2D eigenvalue weighted by Gasteiger charge is 2.21. The molecule has 0 saturated heterocycles. The van der Waals surface area contributed by atoms with Crippen molar-refractivity contribution in [1.82, 2.24) is 10.6 Å². The number of aliphatic hydroxyl groups excluding tert-OH is 1. The maximum Gasteiger partial charge on any atom is 0.255 e. The van der Waals surface area contributed by atoms with E-state index in [0.29, 0.717) is 23.4 Å². The summed E-state index contributed by atoms with van der Waals surface area (Å²) >= 11 is 2.20. The Morgan fingerprint density at radius 3 is 2.38 bits per heavy atom. The molecule has 0 bridgehead atoms. The van der Waals surface area contributed by atoms with Crippen LogP contribution in [0.3, 0.4) is 0 Å². The maximum atomic E-state index is 13.7. The van der Waals surface area contributed by atoms with E-state index in [1.54, 1.807) is 24.3 Å². The van der Waals surface area contributed by atoms with Crippen molar-refractivity contribution in [2.45, 2.75) is 31.5 Å². The van der Waals surface area contributed by atoms with Crippen LogP contribution >= 0.6 is 22.6 Å². The molecule has 0 spiro atoms. The third-order valence-corrected chi connectivity index (χ3v) is 6.12. The second-order valence-electron chi connectivity index (χ2n) is 8.55. The summed E-state index contributed by atoms with van der Waals surface area (Å²) in [5.41, 5.74) is 7.10. The van der Waals surface area contributed by atoms with Gasteiger partial charge in [-0.15, -0.1) is 0 Å². The Hall–Kier alpha value is -3.09. The Bertz CT molecular complexity index is 1210. The van der Waals surface area contributed by atoms with Gasteiger partial charge in [-0.1, -0.05) is 24.3 Å². The van der Waals surface area contributed by atoms with Crippen molar-refractivity contribution < 1.29 is 28.2 Å². The summed E-state index contributed by atoms with van der Waals surface area (Å²) < 4.78 is 33.8. The van der Waals surface area contributed by atoms with Gasteiger partial charge in [0.05, 0.1) is 12.5 Å². The fourth-order valence-corrected chi connectivity index (χ4v) is 4.34. The molecular weight excluding hydrogens is 595 g/mol. The molecule has 2 amide bonds. The standard InChI is InChI=1S/C27H28F2IN3O4/c28-20-7-19(8-21(29)13-20)11-24(32-14-18-4-1-5-22(30)9-18)25(34)15-33-27(36)12-17-3-2-6-23(10-17)37-16-26(31)35/h1-10,13,24-25,32,34H,11-12,14-16H2,(H2,31,35)(H,33,36)/t24?,25-/m1/s1. The van der Waals surface area contributed by atoms with Crippen LogP contribution in [0.2, 0.25) is 0 Å². The fraction of sp³-hybridized carbons (Fsp3) is 0.259. The van der Waals surface area contributed by atoms with Gasteiger partial charge in [0.1, 0.15) is 17.4 Å². The predicted molar refractivity (Wildman–Crippen MR) is 144 cm³/mol. The molecule has 1 unspecified atom stereocenters. The van der Waals surface area contributed by atoms with Gasteiger partial charge in [-0.05, 0) is 82.1 Å². The molecule has 196 valence electrons. The van der Waals surface area contributed by atoms with Gasteiger partial charge in [0.15, 0.2) is 6.61 Å². The first-order valence-electron chi connectivity index (χ1n) is 11.6. The summed E-state index contributed by atoms with van der Waals surface area (Å²) in [5.74, 6) is -1.93. The molecule has 7 nitrogen and oxygen atoms in total. The number of carbonyl (C=O) groups excluding carboxylic acids is 2. The first kappa shape index (κ1) is 28.5. The Kier molecular flexibility index (Phi) is 10.8. The average Bonchev–Trinajstić information content (AvgIpc) is 2.83. The van der Waals surface area contributed by atoms with E-state index in [0.717, 1.165) is 15.2 Å². The van der Waals surface area contributed by atoms with Crippen LogP contribution in [-0.4, -0.2) is 42.2 Å². The molecule has 10 heteroatoms. The van der Waals surface area contributed by atoms with E-state index in [1.807, 2.05) is 24.3 Å². The lowest BCUT2D eigenvalue weighted by Crippen LogP contribution is -2.47. The lowest BCUT2D eigenvalue weighted by Gasteiger charge is -2.25. The van der Waals surface area contributed by atoms with E-state index in [2.05, 4.69) is 33.2 Å². The van der Waals surface area contributed by atoms with Crippen molar-refractivity contribution in [3.63, 3.8) is 0 Å². The molecule has 0 aliphatic rings. The largest absolute Gasteiger partial charge is 0.484 e. The molecule has 3 aromatic carbocycles. The van der Waals surface area contributed by atoms with Gasteiger partial charge < -0.3 is 26.2 Å². The van der Waals surface area contributed by atoms with Crippen LogP contribution in [0.1, 0.15) is 16.7 Å². The van der Waals surface area contributed by atoms with Gasteiger partial charge in [-0.3, -0.25) is 9.59 Å². The van der Waals surface area contributed by atoms with Crippen LogP contribution in [0, 0.1) is 15.2 Å². The lowest BCUT2D eigenvalue weighted by molar-refractivity contribution is -0.121. The van der Waals surface area contributed by atoms with Crippen LogP contribution < -0.4 is 21.1 Å². The number of nitrogens with one attached hydrogen (secondary N) is 2. The summed E-state index contributed by atoms with van der Waals surface area (Å²) in [4.78, 5) is 23.4. The molecule has 5 N–H and O–H groups in total. The zero-order valence-corrected chi connectivity index (χ0v) is 22.1. The highest BCUT2D eigenvalue weighted by atomic mass is 127. The highest BCUT2D eigenvalue weighted by molar-refractivity contribution is 14.1. The number of nitrogens with two attached hydrogens (primary N) is 1. The molecule has 0 aliphatic carbocycles. The minimum Gasteiger partial charge on any atom is -0.484 e. The van der Waals surface area contributed by atoms with Gasteiger partial charge in [0.2, 0.25) is 5.91 Å². The Morgan fingerprint density at radius 2 is 1.68 bits per heavy atom. The van der Waals surface area contributed by atoms with Crippen molar-refractivity contribution >= 4 is 34.4 Å². The molecule has 0 aliphatic heterocycles. The molecule has 3 rings (SSSR count). The second-order valence-corrected chi connectivity index (χ2v) is 9.80. The zero-order chi connectivity index (χ0) is 26.8. The van der Waals surface area contributed by atoms with Crippen LogP contribution in [0.4, 0.5) is 8.78 Å². The Labute approximate surface area is 227 Å². The minimum atomic E-state index is -1.04. The number of carbonyl (C=O) groups is 2. The SMILES string of the molecule is NC(=O)COc1cccc(CC(=O)NC[C@@H](O)C(Cc2cc(F)cc(F)c2)NCc2cccc(I)c2)c1. The fourth-order valence-electron chi connectivity index (χ4n) is 3.73. The number of primary amides is 1. The molecule has 0 aromatic heterocycles. The van der Waals surface area contributed by atoms with Crippen LogP contribution in [0.15, 0.2) is 66.7 Å². The molecule has 0 heterocycles. The zero-order valence-electron chi connectivity index (χ0n) is 19.9. The number of aliphatic hydroxyl groups is 1. The third kappa shape index (κ3) is 10.1. The number of rotatable bonds is 13. The third-order valence-electron chi connectivity index (χ3n) is 5.45. The van der Waals surface area contributed by atoms with E-state index in [1.165, 1.54) is 12.1 Å². The molecular formula is C27H28F2IN3O4. The highest BCUT2D eigenvalue weighted by Crippen LogP contribution is 2.15. The second kappa shape index (κ2) is 14.0. The van der Waals surface area contributed by atoms with Gasteiger partial charge in [-0.25, -0.2) is 8.78 Å². The van der Waals surface area contributed by atoms with Crippen molar-refractivity contribution in [3.8, 4) is 5.75 Å². The molecule has 37 heavy (non-hydrogen) atoms. The molecule has 3 aromatic rings. The first-order chi connectivity index (χ1) is 17.7. The number of halogens is 3. The summed E-state index contributed by atoms with van der Waals surface area (Å²) in [6.45, 7) is 0.0778. The van der Waals surface area contributed by atoms with Gasteiger partial charge in [0.25, 0.3) is 5.91 Å². The Morgan fingerprint density at radius 1 is 0.973 bits per heavy atom. The molecule has 2 atom stereocenters. The molecule has 0 fully saturated rings. The summed E-state index contributed by atoms with van der Waals surface area (Å²) in [6.07, 6.45) is -0.867. The first-order valence-corrected chi connectivity index (χ1v) is 12.6. The maximum absolute atomic E-state index is 13.7. The topological polar surface area (TPSA) is 114 Å². The van der Waals surface area contributed by atoms with Crippen LogP contribution in [0.25, 0.3) is 0 Å². The number of hydrogen-bond acceptors (Lipinski definition) is 5. The molecule has 0 saturated carbocycles. The van der Waals surface area contributed by atoms with Crippen molar-refractivity contribution in [2.24, 2.45) is 5.73 Å². The number of benzene rings is 3. The minimum absolute atomic E-state index is 0.0240. The summed E-state index contributed by atoms with van der Waals surface area (Å²) in [7, 11) is 0. The van der Waals surface area contributed by atoms with E-state index in [4.69, 9.17) is 10.5 Å². The summed E-state index contributed by atoms with van der Waals surface area (Å²) in [5, 5.41) is 16.8. The summed E-state index contributed by atoms with van der Waals surface area (Å²) in [6, 6.07) is 17.1. The van der Waals surface area contributed by atoms with E-state index in [9.17, 15) is 23.5 Å². The van der Waals surface area contributed by atoms with Crippen LogP contribution in [-0.2, 0) is 29.0 Å². The Balaban J connectivity index is 1.62. The van der Waals surface area contributed by atoms with Crippen molar-refractivity contribution in [3.05, 3.63) is 98.6 Å². The van der Waals surface area contributed by atoms with E-state index < -0.39 is 29.7 Å². The normalized spacial score (nSPS) is 12.5. The number of amides is 2. The predicted octanol–water partition coefficient (Wildman–Crippen LogP) is 2.85. The monoisotopic (exact) mass is 623 g/mol. The van der Waals surface area contributed by atoms with Crippen molar-refractivity contribution in [1.29, 1.82) is 0 Å². The van der Waals surface area contributed by atoms with Crippen molar-refractivity contribution in [2.75, 3.05) is 13.2 Å². The molecule has 0 radical (unpaired) electrons. The quantitative estimate of drug-likeness (QED) is 0.219. The van der Waals surface area contributed by atoms with Gasteiger partial charge >= 0.3 is 0 Å². The smallest absolute Gasteiger partial charge is 0.255 e. The lowest BCUT2D eigenvalue weighted by atomic mass is 10.00.